The maximum absolute atomic E-state index is 14.6. The van der Waals surface area contributed by atoms with Gasteiger partial charge in [0.2, 0.25) is 0 Å². The van der Waals surface area contributed by atoms with E-state index in [4.69, 9.17) is 15.5 Å². The number of hydrogen-bond acceptors (Lipinski definition) is 7. The molecule has 3 aromatic rings. The first-order valence-electron chi connectivity index (χ1n) is 15.7. The Morgan fingerprint density at radius 3 is 2.53 bits per heavy atom. The molecule has 1 fully saturated rings. The number of carbonyl (C=O) groups is 2. The van der Waals surface area contributed by atoms with Crippen molar-refractivity contribution in [2.75, 3.05) is 19.8 Å². The molecule has 0 radical (unpaired) electrons. The molecule has 1 saturated heterocycles. The second-order valence-electron chi connectivity index (χ2n) is 12.9. The third-order valence-corrected chi connectivity index (χ3v) is 9.25. The average molecular weight is 656 g/mol. The number of aliphatic imine (C=N–C) groups is 1. The molecule has 0 spiro atoms. The molecule has 0 bridgehead atoms. The number of ether oxygens (including phenoxy) is 1. The Hall–Kier alpha value is -4.33. The highest BCUT2D eigenvalue weighted by molar-refractivity contribution is 6.07. The van der Waals surface area contributed by atoms with Crippen LogP contribution in [0, 0.1) is 24.6 Å². The summed E-state index contributed by atoms with van der Waals surface area (Å²) in [4.78, 5) is 35.9. The lowest BCUT2D eigenvalue weighted by molar-refractivity contribution is -0.138. The van der Waals surface area contributed by atoms with Crippen LogP contribution in [0.4, 0.5) is 17.6 Å². The number of amides is 2. The lowest BCUT2D eigenvalue weighted by Crippen LogP contribution is -2.46. The molecule has 14 heteroatoms. The largest absolute Gasteiger partial charge is 0.417 e. The Bertz CT molecular complexity index is 1700. The van der Waals surface area contributed by atoms with Crippen molar-refractivity contribution in [3.8, 4) is 0 Å². The van der Waals surface area contributed by atoms with E-state index in [0.717, 1.165) is 6.07 Å². The van der Waals surface area contributed by atoms with Gasteiger partial charge in [-0.3, -0.25) is 14.5 Å². The summed E-state index contributed by atoms with van der Waals surface area (Å²) < 4.78 is 64.5. The minimum Gasteiger partial charge on any atom is -0.381 e. The fraction of sp³-hybridized carbons (Fsp3) is 0.485. The zero-order valence-electron chi connectivity index (χ0n) is 26.4. The van der Waals surface area contributed by atoms with Crippen LogP contribution in [0.5, 0.6) is 0 Å². The molecule has 250 valence electrons. The molecule has 2 N–H and O–H groups in total. The van der Waals surface area contributed by atoms with Crippen molar-refractivity contribution >= 4 is 17.8 Å². The molecule has 10 nitrogen and oxygen atoms in total. The number of aromatic nitrogens is 3. The van der Waals surface area contributed by atoms with Crippen LogP contribution >= 0.6 is 0 Å². The smallest absolute Gasteiger partial charge is 0.381 e. The van der Waals surface area contributed by atoms with Crippen LogP contribution in [0.3, 0.4) is 0 Å². The second-order valence-corrected chi connectivity index (χ2v) is 12.9. The molecular formula is C33H37F4N7O3. The van der Waals surface area contributed by atoms with Gasteiger partial charge in [0.05, 0.1) is 23.7 Å². The van der Waals surface area contributed by atoms with Crippen molar-refractivity contribution in [1.82, 2.24) is 24.6 Å². The lowest BCUT2D eigenvalue weighted by atomic mass is 9.80. The Balaban J connectivity index is 1.41. The van der Waals surface area contributed by atoms with Crippen molar-refractivity contribution in [2.24, 2.45) is 22.6 Å². The standard InChI is InChI=1S/C33H37F4N7O3/c1-19(2)14-27(44-30(46)32(39-31(44)38,16-21-10-13-47-18-21)23-5-7-24(34)8-6-23)22-4-9-26(33(35,36)37)25(15-22)29(45)42-11-12-43-20(3)40-41-28(43)17-42/h4-9,15,19,21,27H,10-14,16-18H2,1-3H3,(H2,38,39)/t21-,27?,32?/m0/s1. The van der Waals surface area contributed by atoms with Gasteiger partial charge in [-0.25, -0.2) is 9.38 Å². The quantitative estimate of drug-likeness (QED) is 0.343. The normalized spacial score (nSPS) is 22.2. The molecule has 2 amide bonds. The van der Waals surface area contributed by atoms with E-state index in [1.54, 1.807) is 6.92 Å². The van der Waals surface area contributed by atoms with Gasteiger partial charge in [-0.05, 0) is 73.4 Å². The highest BCUT2D eigenvalue weighted by atomic mass is 19.4. The van der Waals surface area contributed by atoms with Gasteiger partial charge in [-0.1, -0.05) is 32.0 Å². The molecule has 6 rings (SSSR count). The van der Waals surface area contributed by atoms with E-state index in [9.17, 15) is 27.2 Å². The number of carbonyl (C=O) groups excluding carboxylic acids is 2. The van der Waals surface area contributed by atoms with E-state index in [2.05, 4.69) is 10.2 Å². The minimum atomic E-state index is -4.81. The summed E-state index contributed by atoms with van der Waals surface area (Å²) in [6, 6.07) is 8.12. The highest BCUT2D eigenvalue weighted by Gasteiger charge is 2.53. The van der Waals surface area contributed by atoms with Crippen molar-refractivity contribution in [1.29, 1.82) is 0 Å². The SMILES string of the molecule is Cc1nnc2n1CCN(C(=O)c1cc(C(CC(C)C)N3C(=O)C(C[C@@H]4CCOC4)(c4ccc(F)cc4)N=C3N)ccc1C(F)(F)F)C2. The Kier molecular flexibility index (Phi) is 8.58. The van der Waals surface area contributed by atoms with Gasteiger partial charge in [0.15, 0.2) is 17.3 Å². The summed E-state index contributed by atoms with van der Waals surface area (Å²) in [5, 5.41) is 8.10. The van der Waals surface area contributed by atoms with Gasteiger partial charge >= 0.3 is 6.18 Å². The topological polar surface area (TPSA) is 119 Å². The summed E-state index contributed by atoms with van der Waals surface area (Å²) >= 11 is 0. The van der Waals surface area contributed by atoms with Crippen molar-refractivity contribution in [2.45, 2.75) is 70.9 Å². The molecule has 3 atom stereocenters. The molecule has 4 heterocycles. The number of guanidine groups is 1. The van der Waals surface area contributed by atoms with E-state index in [-0.39, 0.29) is 37.3 Å². The third-order valence-electron chi connectivity index (χ3n) is 9.25. The van der Waals surface area contributed by atoms with Crippen molar-refractivity contribution in [3.05, 3.63) is 82.2 Å². The fourth-order valence-corrected chi connectivity index (χ4v) is 6.91. The number of fused-ring (bicyclic) bond motifs is 1. The summed E-state index contributed by atoms with van der Waals surface area (Å²) in [5.41, 5.74) is 4.24. The van der Waals surface area contributed by atoms with Gasteiger partial charge < -0.3 is 19.9 Å². The van der Waals surface area contributed by atoms with Gasteiger partial charge in [0.1, 0.15) is 11.6 Å². The predicted octanol–water partition coefficient (Wildman–Crippen LogP) is 4.97. The van der Waals surface area contributed by atoms with Crippen LogP contribution in [0.1, 0.15) is 77.8 Å². The second kappa shape index (κ2) is 12.4. The molecule has 0 saturated carbocycles. The first kappa shape index (κ1) is 32.6. The van der Waals surface area contributed by atoms with Gasteiger partial charge in [-0.2, -0.15) is 13.2 Å². The molecule has 2 unspecified atom stereocenters. The van der Waals surface area contributed by atoms with Crippen LogP contribution in [0.25, 0.3) is 0 Å². The van der Waals surface area contributed by atoms with E-state index in [0.29, 0.717) is 55.4 Å². The van der Waals surface area contributed by atoms with E-state index in [1.807, 2.05) is 18.4 Å². The van der Waals surface area contributed by atoms with Crippen LogP contribution in [0.15, 0.2) is 47.5 Å². The summed E-state index contributed by atoms with van der Waals surface area (Å²) in [7, 11) is 0. The number of benzene rings is 2. The zero-order valence-corrected chi connectivity index (χ0v) is 26.4. The van der Waals surface area contributed by atoms with E-state index < -0.39 is 46.5 Å². The molecule has 3 aliphatic heterocycles. The maximum Gasteiger partial charge on any atom is 0.417 e. The van der Waals surface area contributed by atoms with E-state index in [1.165, 1.54) is 46.2 Å². The van der Waals surface area contributed by atoms with Crippen molar-refractivity contribution < 1.29 is 31.9 Å². The molecular weight excluding hydrogens is 618 g/mol. The minimum absolute atomic E-state index is 0.00586. The number of nitrogens with zero attached hydrogens (tertiary/aromatic N) is 6. The number of nitrogens with two attached hydrogens (primary N) is 1. The maximum atomic E-state index is 14.6. The van der Waals surface area contributed by atoms with Crippen LogP contribution in [-0.2, 0) is 34.3 Å². The van der Waals surface area contributed by atoms with E-state index >= 15 is 0 Å². The number of rotatable bonds is 8. The predicted molar refractivity (Wildman–Crippen MR) is 163 cm³/mol. The summed E-state index contributed by atoms with van der Waals surface area (Å²) in [5.74, 6) is -0.725. The van der Waals surface area contributed by atoms with Crippen LogP contribution < -0.4 is 5.73 Å². The van der Waals surface area contributed by atoms with Gasteiger partial charge in [-0.15, -0.1) is 10.2 Å². The van der Waals surface area contributed by atoms with Crippen molar-refractivity contribution in [3.63, 3.8) is 0 Å². The monoisotopic (exact) mass is 655 g/mol. The highest BCUT2D eigenvalue weighted by Crippen LogP contribution is 2.45. The fourth-order valence-electron chi connectivity index (χ4n) is 6.91. The first-order valence-corrected chi connectivity index (χ1v) is 15.7. The molecule has 3 aliphatic rings. The zero-order chi connectivity index (χ0) is 33.7. The number of hydrogen-bond donors (Lipinski definition) is 1. The molecule has 0 aliphatic carbocycles. The molecule has 1 aromatic heterocycles. The number of halogens is 4. The number of aryl methyl sites for hydroxylation is 1. The molecule has 47 heavy (non-hydrogen) atoms. The van der Waals surface area contributed by atoms with Crippen LogP contribution in [-0.4, -0.2) is 62.1 Å². The first-order chi connectivity index (χ1) is 22.3. The summed E-state index contributed by atoms with van der Waals surface area (Å²) in [6.45, 7) is 7.12. The van der Waals surface area contributed by atoms with Gasteiger partial charge in [0.25, 0.3) is 11.8 Å². The molecule has 2 aromatic carbocycles. The van der Waals surface area contributed by atoms with Crippen LogP contribution in [0.2, 0.25) is 0 Å². The average Bonchev–Trinajstić information content (AvgIpc) is 3.74. The Labute approximate surface area is 269 Å². The summed E-state index contributed by atoms with van der Waals surface area (Å²) in [6.07, 6.45) is -3.52. The Morgan fingerprint density at radius 1 is 1.13 bits per heavy atom. The van der Waals surface area contributed by atoms with Gasteiger partial charge in [0, 0.05) is 26.3 Å². The Morgan fingerprint density at radius 2 is 1.87 bits per heavy atom. The number of alkyl halides is 3. The third kappa shape index (κ3) is 6.10. The lowest BCUT2D eigenvalue weighted by Gasteiger charge is -2.34.